The zero-order valence-electron chi connectivity index (χ0n) is 11.6. The molecule has 0 N–H and O–H groups in total. The van der Waals surface area contributed by atoms with Gasteiger partial charge in [-0.25, -0.2) is 0 Å². The fourth-order valence-electron chi connectivity index (χ4n) is 2.75. The molecule has 1 aromatic carbocycles. The maximum atomic E-state index is 11.2. The van der Waals surface area contributed by atoms with E-state index in [4.69, 9.17) is 4.74 Å². The number of hydrogen-bond donors (Lipinski definition) is 0. The Hall–Kier alpha value is -1.77. The molecule has 1 heterocycles. The molecule has 2 rings (SSSR count). The van der Waals surface area contributed by atoms with E-state index >= 15 is 0 Å². The summed E-state index contributed by atoms with van der Waals surface area (Å²) in [6.07, 6.45) is 2.67. The van der Waals surface area contributed by atoms with E-state index in [-0.39, 0.29) is 6.04 Å². The van der Waals surface area contributed by atoms with Crippen molar-refractivity contribution in [1.29, 1.82) is 0 Å². The number of rotatable bonds is 4. The van der Waals surface area contributed by atoms with E-state index < -0.39 is 0 Å². The summed E-state index contributed by atoms with van der Waals surface area (Å²) in [4.78, 5) is 13.1. The van der Waals surface area contributed by atoms with E-state index in [9.17, 15) is 4.79 Å². The minimum Gasteiger partial charge on any atom is -0.496 e. The molecular formula is C16H21NO2. The van der Waals surface area contributed by atoms with Crippen LogP contribution in [0.5, 0.6) is 5.75 Å². The van der Waals surface area contributed by atoms with Gasteiger partial charge in [-0.15, -0.1) is 0 Å². The van der Waals surface area contributed by atoms with Crippen LogP contribution in [0.2, 0.25) is 0 Å². The van der Waals surface area contributed by atoms with Crippen molar-refractivity contribution in [2.24, 2.45) is 5.92 Å². The molecule has 2 atom stereocenters. The third-order valence-corrected chi connectivity index (χ3v) is 4.10. The smallest absolute Gasteiger partial charge is 0.209 e. The molecule has 19 heavy (non-hydrogen) atoms. The van der Waals surface area contributed by atoms with Crippen LogP contribution < -0.4 is 4.74 Å². The van der Waals surface area contributed by atoms with Crippen LogP contribution in [0.25, 0.3) is 0 Å². The largest absolute Gasteiger partial charge is 0.496 e. The monoisotopic (exact) mass is 259 g/mol. The highest BCUT2D eigenvalue weighted by molar-refractivity contribution is 5.49. The summed E-state index contributed by atoms with van der Waals surface area (Å²) in [5.74, 6) is 1.21. The molecule has 1 aromatic rings. The van der Waals surface area contributed by atoms with Crippen LogP contribution >= 0.6 is 0 Å². The number of piperidine rings is 1. The van der Waals surface area contributed by atoms with E-state index in [2.05, 4.69) is 19.6 Å². The van der Waals surface area contributed by atoms with Crippen molar-refractivity contribution in [3.63, 3.8) is 0 Å². The second-order valence-corrected chi connectivity index (χ2v) is 5.12. The Kier molecular flexibility index (Phi) is 4.25. The van der Waals surface area contributed by atoms with E-state index in [0.29, 0.717) is 5.92 Å². The molecule has 3 heteroatoms. The minimum atomic E-state index is 0.176. The van der Waals surface area contributed by atoms with Crippen molar-refractivity contribution in [3.8, 4) is 5.75 Å². The second kappa shape index (κ2) is 5.91. The molecular weight excluding hydrogens is 238 g/mol. The van der Waals surface area contributed by atoms with E-state index in [1.165, 1.54) is 5.57 Å². The number of nitrogens with zero attached hydrogens (tertiary/aromatic N) is 1. The summed E-state index contributed by atoms with van der Waals surface area (Å²) in [6, 6.07) is 8.17. The molecule has 0 aromatic heterocycles. The zero-order valence-corrected chi connectivity index (χ0v) is 11.6. The lowest BCUT2D eigenvalue weighted by molar-refractivity contribution is -0.121. The van der Waals surface area contributed by atoms with E-state index in [0.717, 1.165) is 37.1 Å². The van der Waals surface area contributed by atoms with Gasteiger partial charge < -0.3 is 9.64 Å². The summed E-state index contributed by atoms with van der Waals surface area (Å²) < 4.78 is 5.39. The molecule has 1 aliphatic rings. The first-order chi connectivity index (χ1) is 9.17. The van der Waals surface area contributed by atoms with Gasteiger partial charge in [0.2, 0.25) is 6.41 Å². The number of ether oxygens (including phenoxy) is 1. The number of likely N-dealkylation sites (tertiary alicyclic amines) is 1. The first kappa shape index (κ1) is 13.7. The molecule has 0 unspecified atom stereocenters. The summed E-state index contributed by atoms with van der Waals surface area (Å²) in [5.41, 5.74) is 2.38. The van der Waals surface area contributed by atoms with Gasteiger partial charge in [-0.1, -0.05) is 37.3 Å². The Morgan fingerprint density at radius 1 is 1.47 bits per heavy atom. The molecule has 1 aliphatic heterocycles. The third-order valence-electron chi connectivity index (χ3n) is 4.10. The molecule has 1 saturated heterocycles. The molecule has 0 saturated carbocycles. The number of benzene rings is 1. The number of methoxy groups -OCH3 is 1. The van der Waals surface area contributed by atoms with Gasteiger partial charge in [0.25, 0.3) is 0 Å². The first-order valence-corrected chi connectivity index (χ1v) is 6.68. The quantitative estimate of drug-likeness (QED) is 0.614. The Labute approximate surface area is 114 Å². The van der Waals surface area contributed by atoms with Crippen molar-refractivity contribution in [2.45, 2.75) is 25.8 Å². The van der Waals surface area contributed by atoms with Crippen molar-refractivity contribution in [1.82, 2.24) is 4.90 Å². The van der Waals surface area contributed by atoms with Gasteiger partial charge in [-0.3, -0.25) is 4.79 Å². The molecule has 0 spiro atoms. The van der Waals surface area contributed by atoms with Crippen LogP contribution in [-0.2, 0) is 11.2 Å². The highest BCUT2D eigenvalue weighted by Crippen LogP contribution is 2.30. The zero-order chi connectivity index (χ0) is 13.8. The van der Waals surface area contributed by atoms with Crippen LogP contribution in [-0.4, -0.2) is 31.0 Å². The second-order valence-electron chi connectivity index (χ2n) is 5.12. The molecule has 1 fully saturated rings. The van der Waals surface area contributed by atoms with E-state index in [1.54, 1.807) is 7.11 Å². The Bertz CT molecular complexity index is 468. The van der Waals surface area contributed by atoms with E-state index in [1.807, 2.05) is 23.1 Å². The van der Waals surface area contributed by atoms with Crippen molar-refractivity contribution < 1.29 is 9.53 Å². The van der Waals surface area contributed by atoms with Crippen molar-refractivity contribution in [2.75, 3.05) is 13.7 Å². The van der Waals surface area contributed by atoms with Crippen LogP contribution in [0.3, 0.4) is 0 Å². The molecule has 102 valence electrons. The van der Waals surface area contributed by atoms with Gasteiger partial charge in [0.15, 0.2) is 0 Å². The number of para-hydroxylation sites is 1. The van der Waals surface area contributed by atoms with Crippen LogP contribution in [0.1, 0.15) is 18.9 Å². The van der Waals surface area contributed by atoms with Gasteiger partial charge in [0.05, 0.1) is 7.11 Å². The predicted octanol–water partition coefficient (Wildman–Crippen LogP) is 2.66. The first-order valence-electron chi connectivity index (χ1n) is 6.68. The third kappa shape index (κ3) is 2.80. The Balaban J connectivity index is 2.23. The molecule has 3 nitrogen and oxygen atoms in total. The van der Waals surface area contributed by atoms with Gasteiger partial charge in [0.1, 0.15) is 5.75 Å². The fourth-order valence-corrected chi connectivity index (χ4v) is 2.75. The minimum absolute atomic E-state index is 0.176. The summed E-state index contributed by atoms with van der Waals surface area (Å²) in [5, 5.41) is 0. The molecule has 0 bridgehead atoms. The van der Waals surface area contributed by atoms with Gasteiger partial charge in [0, 0.05) is 12.6 Å². The SMILES string of the molecule is C=C1CCN(C=O)[C@H](Cc2ccccc2OC)[C@@H]1C. The molecule has 0 aliphatic carbocycles. The topological polar surface area (TPSA) is 29.5 Å². The average Bonchev–Trinajstić information content (AvgIpc) is 2.44. The standard InChI is InChI=1S/C16H21NO2/c1-12-8-9-17(11-18)15(13(12)2)10-14-6-4-5-7-16(14)19-3/h4-7,11,13,15H,1,8-10H2,2-3H3/t13-,15-/m1/s1. The average molecular weight is 259 g/mol. The van der Waals surface area contributed by atoms with Gasteiger partial charge in [-0.05, 0) is 30.4 Å². The van der Waals surface area contributed by atoms with Gasteiger partial charge >= 0.3 is 0 Å². The molecule has 1 amide bonds. The number of carbonyl (C=O) groups excluding carboxylic acids is 1. The summed E-state index contributed by atoms with van der Waals surface area (Å²) in [7, 11) is 1.68. The fraction of sp³-hybridized carbons (Fsp3) is 0.438. The highest BCUT2D eigenvalue weighted by Gasteiger charge is 2.30. The maximum absolute atomic E-state index is 11.2. The lowest BCUT2D eigenvalue weighted by Gasteiger charge is -2.39. The Morgan fingerprint density at radius 3 is 2.89 bits per heavy atom. The maximum Gasteiger partial charge on any atom is 0.209 e. The van der Waals surface area contributed by atoms with Crippen LogP contribution in [0.4, 0.5) is 0 Å². The van der Waals surface area contributed by atoms with Crippen LogP contribution in [0.15, 0.2) is 36.4 Å². The Morgan fingerprint density at radius 2 is 2.21 bits per heavy atom. The van der Waals surface area contributed by atoms with Crippen molar-refractivity contribution >= 4 is 6.41 Å². The van der Waals surface area contributed by atoms with Crippen LogP contribution in [0, 0.1) is 5.92 Å². The number of carbonyl (C=O) groups is 1. The number of amides is 1. The lowest BCUT2D eigenvalue weighted by atomic mass is 9.83. The van der Waals surface area contributed by atoms with Crippen molar-refractivity contribution in [3.05, 3.63) is 42.0 Å². The predicted molar refractivity (Wildman–Crippen MR) is 76.2 cm³/mol. The normalized spacial score (nSPS) is 23.3. The summed E-state index contributed by atoms with van der Waals surface area (Å²) in [6.45, 7) is 7.05. The summed E-state index contributed by atoms with van der Waals surface area (Å²) >= 11 is 0. The highest BCUT2D eigenvalue weighted by atomic mass is 16.5. The van der Waals surface area contributed by atoms with Gasteiger partial charge in [-0.2, -0.15) is 0 Å². The lowest BCUT2D eigenvalue weighted by Crippen LogP contribution is -2.45. The number of hydrogen-bond acceptors (Lipinski definition) is 2. The molecule has 0 radical (unpaired) electrons.